The van der Waals surface area contributed by atoms with E-state index in [1.165, 1.54) is 24.1 Å². The first-order chi connectivity index (χ1) is 7.86. The maximum atomic E-state index is 5.26. The van der Waals surface area contributed by atoms with Crippen LogP contribution in [0.5, 0.6) is 0 Å². The number of ether oxygens (including phenoxy) is 1. The second-order valence-corrected chi connectivity index (χ2v) is 4.98. The van der Waals surface area contributed by atoms with Crippen molar-refractivity contribution in [2.45, 2.75) is 31.8 Å². The van der Waals surface area contributed by atoms with Crippen LogP contribution in [-0.2, 0) is 17.8 Å². The highest BCUT2D eigenvalue weighted by atomic mass is 16.5. The molecule has 4 heteroatoms. The summed E-state index contributed by atoms with van der Waals surface area (Å²) in [7, 11) is 1.77. The average molecular weight is 221 g/mol. The van der Waals surface area contributed by atoms with Gasteiger partial charge in [-0.2, -0.15) is 5.10 Å². The molecule has 1 aromatic rings. The van der Waals surface area contributed by atoms with E-state index < -0.39 is 0 Å². The molecule has 1 saturated carbocycles. The Balaban J connectivity index is 1.79. The molecule has 0 spiro atoms. The molecule has 88 valence electrons. The van der Waals surface area contributed by atoms with Gasteiger partial charge in [0.05, 0.1) is 12.3 Å². The molecule has 1 aliphatic carbocycles. The van der Waals surface area contributed by atoms with Crippen LogP contribution in [0.15, 0.2) is 6.20 Å². The maximum Gasteiger partial charge on any atom is 0.0798 e. The molecule has 0 aromatic carbocycles. The Kier molecular flexibility index (Phi) is 2.69. The van der Waals surface area contributed by atoms with Gasteiger partial charge in [-0.1, -0.05) is 0 Å². The molecule has 1 aromatic heterocycles. The van der Waals surface area contributed by atoms with E-state index in [0.717, 1.165) is 32.2 Å². The summed E-state index contributed by atoms with van der Waals surface area (Å²) in [5, 5.41) is 8.06. The smallest absolute Gasteiger partial charge is 0.0798 e. The molecule has 0 unspecified atom stereocenters. The lowest BCUT2D eigenvalue weighted by Gasteiger charge is -2.21. The van der Waals surface area contributed by atoms with Gasteiger partial charge in [0, 0.05) is 44.4 Å². The molecule has 16 heavy (non-hydrogen) atoms. The number of methoxy groups -OCH3 is 1. The zero-order chi connectivity index (χ0) is 11.0. The van der Waals surface area contributed by atoms with Gasteiger partial charge in [0.25, 0.3) is 0 Å². The van der Waals surface area contributed by atoms with Crippen molar-refractivity contribution < 1.29 is 4.74 Å². The van der Waals surface area contributed by atoms with Gasteiger partial charge in [-0.15, -0.1) is 0 Å². The molecular formula is C12H19N3O. The van der Waals surface area contributed by atoms with Crippen molar-refractivity contribution in [3.63, 3.8) is 0 Å². The molecule has 1 N–H and O–H groups in total. The molecule has 0 saturated heterocycles. The largest absolute Gasteiger partial charge is 0.384 e. The first-order valence-electron chi connectivity index (χ1n) is 6.12. The highest BCUT2D eigenvalue weighted by Gasteiger charge is 2.26. The Morgan fingerprint density at radius 3 is 3.19 bits per heavy atom. The number of hydrogen-bond acceptors (Lipinski definition) is 3. The standard InChI is InChI=1S/C12H19N3O/c1-16-8-10-4-13-5-12-11(10)7-15(14-12)6-9-2-3-9/h7,9-10,13H,2-6,8H2,1H3/t10-/m0/s1. The minimum atomic E-state index is 0.474. The minimum absolute atomic E-state index is 0.474. The second kappa shape index (κ2) is 4.18. The summed E-state index contributed by atoms with van der Waals surface area (Å²) in [4.78, 5) is 0. The fourth-order valence-corrected chi connectivity index (χ4v) is 2.44. The first kappa shape index (κ1) is 10.3. The van der Waals surface area contributed by atoms with Gasteiger partial charge in [0.1, 0.15) is 0 Å². The minimum Gasteiger partial charge on any atom is -0.384 e. The third-order valence-electron chi connectivity index (χ3n) is 3.50. The Labute approximate surface area is 96.0 Å². The monoisotopic (exact) mass is 221 g/mol. The summed E-state index contributed by atoms with van der Waals surface area (Å²) in [6.07, 6.45) is 4.99. The van der Waals surface area contributed by atoms with Crippen molar-refractivity contribution in [3.8, 4) is 0 Å². The molecule has 2 heterocycles. The number of fused-ring (bicyclic) bond motifs is 1. The number of hydrogen-bond donors (Lipinski definition) is 1. The average Bonchev–Trinajstić information content (AvgIpc) is 2.96. The van der Waals surface area contributed by atoms with Gasteiger partial charge in [0.2, 0.25) is 0 Å². The van der Waals surface area contributed by atoms with E-state index in [-0.39, 0.29) is 0 Å². The third-order valence-corrected chi connectivity index (χ3v) is 3.50. The summed E-state index contributed by atoms with van der Waals surface area (Å²) in [5.41, 5.74) is 2.61. The summed E-state index contributed by atoms with van der Waals surface area (Å²) >= 11 is 0. The van der Waals surface area contributed by atoms with Crippen molar-refractivity contribution in [2.75, 3.05) is 20.3 Å². The summed E-state index contributed by atoms with van der Waals surface area (Å²) < 4.78 is 7.40. The lowest BCUT2D eigenvalue weighted by atomic mass is 9.97. The molecule has 2 aliphatic rings. The van der Waals surface area contributed by atoms with Crippen LogP contribution in [0.3, 0.4) is 0 Å². The second-order valence-electron chi connectivity index (χ2n) is 4.98. The van der Waals surface area contributed by atoms with Crippen molar-refractivity contribution in [1.82, 2.24) is 15.1 Å². The fraction of sp³-hybridized carbons (Fsp3) is 0.750. The summed E-state index contributed by atoms with van der Waals surface area (Å²) in [6.45, 7) is 3.81. The Hall–Kier alpha value is -0.870. The Morgan fingerprint density at radius 2 is 2.44 bits per heavy atom. The van der Waals surface area contributed by atoms with Gasteiger partial charge in [0.15, 0.2) is 0 Å². The van der Waals surface area contributed by atoms with Crippen LogP contribution in [0, 0.1) is 5.92 Å². The van der Waals surface area contributed by atoms with Crippen molar-refractivity contribution in [2.24, 2.45) is 5.92 Å². The Bertz CT molecular complexity index is 370. The van der Waals surface area contributed by atoms with Crippen LogP contribution < -0.4 is 5.32 Å². The molecule has 0 radical (unpaired) electrons. The topological polar surface area (TPSA) is 39.1 Å². The lowest BCUT2D eigenvalue weighted by Crippen LogP contribution is -2.29. The number of nitrogens with one attached hydrogen (secondary N) is 1. The van der Waals surface area contributed by atoms with Crippen molar-refractivity contribution >= 4 is 0 Å². The molecule has 3 rings (SSSR count). The van der Waals surface area contributed by atoms with Crippen LogP contribution in [-0.4, -0.2) is 30.0 Å². The van der Waals surface area contributed by atoms with E-state index in [9.17, 15) is 0 Å². The molecule has 1 atom stereocenters. The molecule has 1 aliphatic heterocycles. The number of aromatic nitrogens is 2. The molecule has 1 fully saturated rings. The van der Waals surface area contributed by atoms with Crippen molar-refractivity contribution in [3.05, 3.63) is 17.5 Å². The predicted molar refractivity (Wildman–Crippen MR) is 61.3 cm³/mol. The van der Waals surface area contributed by atoms with E-state index in [2.05, 4.69) is 21.3 Å². The van der Waals surface area contributed by atoms with E-state index in [4.69, 9.17) is 4.74 Å². The van der Waals surface area contributed by atoms with E-state index in [0.29, 0.717) is 5.92 Å². The molecule has 0 amide bonds. The van der Waals surface area contributed by atoms with Gasteiger partial charge >= 0.3 is 0 Å². The SMILES string of the molecule is COC[C@@H]1CNCc2nn(CC3CC3)cc21. The fourth-order valence-electron chi connectivity index (χ4n) is 2.44. The quantitative estimate of drug-likeness (QED) is 0.828. The van der Waals surface area contributed by atoms with Crippen LogP contribution in [0.2, 0.25) is 0 Å². The molecule has 4 nitrogen and oxygen atoms in total. The zero-order valence-corrected chi connectivity index (χ0v) is 9.78. The lowest BCUT2D eigenvalue weighted by molar-refractivity contribution is 0.175. The normalized spacial score (nSPS) is 24.4. The number of nitrogens with zero attached hydrogens (tertiary/aromatic N) is 2. The van der Waals surface area contributed by atoms with Gasteiger partial charge < -0.3 is 10.1 Å². The molecule has 0 bridgehead atoms. The zero-order valence-electron chi connectivity index (χ0n) is 9.78. The van der Waals surface area contributed by atoms with Gasteiger partial charge in [-0.05, 0) is 18.8 Å². The number of rotatable bonds is 4. The molecular weight excluding hydrogens is 202 g/mol. The third kappa shape index (κ3) is 1.99. The van der Waals surface area contributed by atoms with Crippen LogP contribution in [0.4, 0.5) is 0 Å². The van der Waals surface area contributed by atoms with E-state index >= 15 is 0 Å². The van der Waals surface area contributed by atoms with Crippen molar-refractivity contribution in [1.29, 1.82) is 0 Å². The van der Waals surface area contributed by atoms with Gasteiger partial charge in [-0.3, -0.25) is 4.68 Å². The summed E-state index contributed by atoms with van der Waals surface area (Å²) in [6, 6.07) is 0. The van der Waals surface area contributed by atoms with Gasteiger partial charge in [-0.25, -0.2) is 0 Å². The summed E-state index contributed by atoms with van der Waals surface area (Å²) in [5.74, 6) is 1.36. The maximum absolute atomic E-state index is 5.26. The first-order valence-corrected chi connectivity index (χ1v) is 6.12. The van der Waals surface area contributed by atoms with Crippen LogP contribution >= 0.6 is 0 Å². The van der Waals surface area contributed by atoms with E-state index in [1.54, 1.807) is 7.11 Å². The Morgan fingerprint density at radius 1 is 1.56 bits per heavy atom. The highest BCUT2D eigenvalue weighted by Crippen LogP contribution is 2.31. The van der Waals surface area contributed by atoms with E-state index in [1.807, 2.05) is 0 Å². The van der Waals surface area contributed by atoms with Crippen LogP contribution in [0.25, 0.3) is 0 Å². The van der Waals surface area contributed by atoms with Crippen LogP contribution in [0.1, 0.15) is 30.0 Å². The predicted octanol–water partition coefficient (Wildman–Crippen LogP) is 1.13. The highest BCUT2D eigenvalue weighted by molar-refractivity contribution is 5.25.